The van der Waals surface area contributed by atoms with Crippen LogP contribution in [0.1, 0.15) is 58.3 Å². The second kappa shape index (κ2) is 4.69. The number of unbranched alkanes of at least 4 members (excludes halogenated alkanes) is 2. The average molecular weight is 166 g/mol. The smallest absolute Gasteiger partial charge is 0.0326 e. The van der Waals surface area contributed by atoms with E-state index in [4.69, 9.17) is 0 Å². The Bertz CT molecular complexity index is 129. The van der Waals surface area contributed by atoms with Gasteiger partial charge in [0.05, 0.1) is 0 Å². The molecule has 0 aromatic heterocycles. The molecule has 0 N–H and O–H groups in total. The predicted molar refractivity (Wildman–Crippen MR) is 55.2 cm³/mol. The molecule has 1 rings (SSSR count). The normalized spacial score (nSPS) is 21.1. The summed E-state index contributed by atoms with van der Waals surface area (Å²) in [5.74, 6) is 0. The zero-order chi connectivity index (χ0) is 8.86. The lowest BCUT2D eigenvalue weighted by molar-refractivity contribution is 0.297. The Hall–Kier alpha value is -0.260. The molecular weight excluding hydrogens is 144 g/mol. The van der Waals surface area contributed by atoms with Crippen LogP contribution < -0.4 is 0 Å². The van der Waals surface area contributed by atoms with E-state index in [-0.39, 0.29) is 0 Å². The molecule has 1 fully saturated rings. The van der Waals surface area contributed by atoms with Crippen molar-refractivity contribution in [1.82, 2.24) is 0 Å². The second-order valence-electron chi connectivity index (χ2n) is 4.55. The molecule has 0 saturated heterocycles. The van der Waals surface area contributed by atoms with E-state index in [9.17, 15) is 0 Å². The highest BCUT2D eigenvalue weighted by atomic mass is 14.3. The van der Waals surface area contributed by atoms with Gasteiger partial charge in [0.2, 0.25) is 0 Å². The first-order chi connectivity index (χ1) is 5.77. The standard InChI is InChI=1S/C12H22/c1-3-4-5-6-9-12(2)10-7-8-11-12/h3H,1,4-11H2,2H3. The Morgan fingerprint density at radius 1 is 1.25 bits per heavy atom. The van der Waals surface area contributed by atoms with E-state index in [2.05, 4.69) is 13.5 Å². The molecule has 0 spiro atoms. The van der Waals surface area contributed by atoms with Crippen LogP contribution in [0.25, 0.3) is 0 Å². The quantitative estimate of drug-likeness (QED) is 0.421. The molecular formula is C12H22. The highest BCUT2D eigenvalue weighted by Gasteiger charge is 2.27. The molecule has 0 unspecified atom stereocenters. The van der Waals surface area contributed by atoms with E-state index in [1.165, 1.54) is 51.4 Å². The molecule has 0 amide bonds. The van der Waals surface area contributed by atoms with Crippen molar-refractivity contribution in [3.8, 4) is 0 Å². The molecule has 0 radical (unpaired) electrons. The van der Waals surface area contributed by atoms with Crippen molar-refractivity contribution >= 4 is 0 Å². The summed E-state index contributed by atoms with van der Waals surface area (Å²) in [6, 6.07) is 0. The fraction of sp³-hybridized carbons (Fsp3) is 0.833. The zero-order valence-electron chi connectivity index (χ0n) is 8.44. The Balaban J connectivity index is 2.08. The van der Waals surface area contributed by atoms with Crippen LogP contribution in [0.4, 0.5) is 0 Å². The van der Waals surface area contributed by atoms with Gasteiger partial charge in [0.1, 0.15) is 0 Å². The molecule has 0 bridgehead atoms. The Morgan fingerprint density at radius 3 is 2.50 bits per heavy atom. The first-order valence-electron chi connectivity index (χ1n) is 5.38. The fourth-order valence-electron chi connectivity index (χ4n) is 2.32. The lowest BCUT2D eigenvalue weighted by Gasteiger charge is -2.22. The average Bonchev–Trinajstić information content (AvgIpc) is 2.47. The maximum absolute atomic E-state index is 3.75. The number of hydrogen-bond donors (Lipinski definition) is 0. The van der Waals surface area contributed by atoms with Crippen LogP contribution in [-0.2, 0) is 0 Å². The zero-order valence-corrected chi connectivity index (χ0v) is 8.44. The third-order valence-electron chi connectivity index (χ3n) is 3.25. The van der Waals surface area contributed by atoms with E-state index in [0.29, 0.717) is 5.41 Å². The number of allylic oxidation sites excluding steroid dienone is 1. The minimum atomic E-state index is 0.709. The van der Waals surface area contributed by atoms with Gasteiger partial charge in [-0.25, -0.2) is 0 Å². The largest absolute Gasteiger partial charge is 0.103 e. The maximum Gasteiger partial charge on any atom is -0.0326 e. The Labute approximate surface area is 77.1 Å². The van der Waals surface area contributed by atoms with Crippen LogP contribution in [0.2, 0.25) is 0 Å². The van der Waals surface area contributed by atoms with Crippen molar-refractivity contribution in [3.05, 3.63) is 12.7 Å². The van der Waals surface area contributed by atoms with E-state index >= 15 is 0 Å². The lowest BCUT2D eigenvalue weighted by Crippen LogP contribution is -2.09. The van der Waals surface area contributed by atoms with Crippen molar-refractivity contribution in [3.63, 3.8) is 0 Å². The van der Waals surface area contributed by atoms with Gasteiger partial charge in [0, 0.05) is 0 Å². The minimum absolute atomic E-state index is 0.709. The van der Waals surface area contributed by atoms with E-state index in [0.717, 1.165) is 0 Å². The van der Waals surface area contributed by atoms with Gasteiger partial charge in [0.15, 0.2) is 0 Å². The predicted octanol–water partition coefficient (Wildman–Crippen LogP) is 4.31. The summed E-state index contributed by atoms with van der Waals surface area (Å²) >= 11 is 0. The van der Waals surface area contributed by atoms with E-state index in [1.54, 1.807) is 0 Å². The van der Waals surface area contributed by atoms with Crippen molar-refractivity contribution in [2.24, 2.45) is 5.41 Å². The molecule has 12 heavy (non-hydrogen) atoms. The number of hydrogen-bond acceptors (Lipinski definition) is 0. The first kappa shape index (κ1) is 9.83. The molecule has 0 aromatic carbocycles. The van der Waals surface area contributed by atoms with Crippen molar-refractivity contribution < 1.29 is 0 Å². The maximum atomic E-state index is 3.75. The summed E-state index contributed by atoms with van der Waals surface area (Å²) in [5, 5.41) is 0. The van der Waals surface area contributed by atoms with Gasteiger partial charge in [-0.2, -0.15) is 0 Å². The topological polar surface area (TPSA) is 0 Å². The highest BCUT2D eigenvalue weighted by Crippen LogP contribution is 2.41. The lowest BCUT2D eigenvalue weighted by atomic mass is 9.83. The molecule has 70 valence electrons. The molecule has 0 aromatic rings. The number of rotatable bonds is 5. The highest BCUT2D eigenvalue weighted by molar-refractivity contribution is 4.80. The summed E-state index contributed by atoms with van der Waals surface area (Å²) in [4.78, 5) is 0. The molecule has 1 aliphatic carbocycles. The van der Waals surface area contributed by atoms with Crippen LogP contribution in [0, 0.1) is 5.41 Å². The summed E-state index contributed by atoms with van der Waals surface area (Å²) in [6.45, 7) is 6.21. The van der Waals surface area contributed by atoms with Gasteiger partial charge in [-0.15, -0.1) is 6.58 Å². The van der Waals surface area contributed by atoms with Crippen molar-refractivity contribution in [2.45, 2.75) is 58.3 Å². The summed E-state index contributed by atoms with van der Waals surface area (Å²) < 4.78 is 0. The minimum Gasteiger partial charge on any atom is -0.103 e. The van der Waals surface area contributed by atoms with Crippen LogP contribution in [0.15, 0.2) is 12.7 Å². The van der Waals surface area contributed by atoms with E-state index < -0.39 is 0 Å². The van der Waals surface area contributed by atoms with Crippen LogP contribution in [0.3, 0.4) is 0 Å². The monoisotopic (exact) mass is 166 g/mol. The molecule has 0 heteroatoms. The molecule has 0 nitrogen and oxygen atoms in total. The summed E-state index contributed by atoms with van der Waals surface area (Å²) in [6.07, 6.45) is 13.3. The molecule has 0 heterocycles. The van der Waals surface area contributed by atoms with Gasteiger partial charge >= 0.3 is 0 Å². The van der Waals surface area contributed by atoms with Crippen LogP contribution >= 0.6 is 0 Å². The second-order valence-corrected chi connectivity index (χ2v) is 4.55. The molecule has 1 aliphatic rings. The van der Waals surface area contributed by atoms with Crippen molar-refractivity contribution in [2.75, 3.05) is 0 Å². The first-order valence-corrected chi connectivity index (χ1v) is 5.38. The van der Waals surface area contributed by atoms with Gasteiger partial charge in [-0.05, 0) is 37.5 Å². The van der Waals surface area contributed by atoms with Crippen LogP contribution in [0.5, 0.6) is 0 Å². The summed E-state index contributed by atoms with van der Waals surface area (Å²) in [5.41, 5.74) is 0.709. The van der Waals surface area contributed by atoms with Crippen LogP contribution in [-0.4, -0.2) is 0 Å². The Kier molecular flexibility index (Phi) is 3.84. The third kappa shape index (κ3) is 3.00. The summed E-state index contributed by atoms with van der Waals surface area (Å²) in [7, 11) is 0. The van der Waals surface area contributed by atoms with Crippen molar-refractivity contribution in [1.29, 1.82) is 0 Å². The fourth-order valence-corrected chi connectivity index (χ4v) is 2.32. The van der Waals surface area contributed by atoms with E-state index in [1.807, 2.05) is 6.08 Å². The van der Waals surface area contributed by atoms with Gasteiger partial charge in [0.25, 0.3) is 0 Å². The third-order valence-corrected chi connectivity index (χ3v) is 3.25. The molecule has 1 saturated carbocycles. The SMILES string of the molecule is C=CCCCCC1(C)CCCC1. The molecule has 0 atom stereocenters. The van der Waals surface area contributed by atoms with Gasteiger partial charge in [-0.1, -0.05) is 32.3 Å². The Morgan fingerprint density at radius 2 is 1.92 bits per heavy atom. The molecule has 0 aliphatic heterocycles. The van der Waals surface area contributed by atoms with Gasteiger partial charge < -0.3 is 0 Å². The van der Waals surface area contributed by atoms with Gasteiger partial charge in [-0.3, -0.25) is 0 Å².